The van der Waals surface area contributed by atoms with Crippen LogP contribution in [0.5, 0.6) is 0 Å². The van der Waals surface area contributed by atoms with Gasteiger partial charge < -0.3 is 5.32 Å². The number of carbonyl (C=O) groups is 1. The fourth-order valence-corrected chi connectivity index (χ4v) is 5.13. The van der Waals surface area contributed by atoms with Crippen LogP contribution in [0.4, 0.5) is 4.39 Å². The lowest BCUT2D eigenvalue weighted by Crippen LogP contribution is -2.32. The second kappa shape index (κ2) is 9.24. The largest absolute Gasteiger partial charge is 0.345 e. The van der Waals surface area contributed by atoms with E-state index in [1.807, 2.05) is 0 Å². The number of carbonyl (C=O) groups excluding carboxylic acids is 1. The lowest BCUT2D eigenvalue weighted by Gasteiger charge is -2.21. The third kappa shape index (κ3) is 5.15. The molecule has 0 unspecified atom stereocenters. The number of amides is 1. The van der Waals surface area contributed by atoms with E-state index >= 15 is 0 Å². The molecule has 2 aromatic rings. The molecule has 1 atom stereocenters. The highest BCUT2D eigenvalue weighted by Crippen LogP contribution is 2.25. The number of rotatable bonds is 5. The van der Waals surface area contributed by atoms with Crippen LogP contribution in [-0.2, 0) is 10.0 Å². The van der Waals surface area contributed by atoms with Crippen molar-refractivity contribution in [2.24, 2.45) is 0 Å². The zero-order valence-corrected chi connectivity index (χ0v) is 17.8. The summed E-state index contributed by atoms with van der Waals surface area (Å²) < 4.78 is 40.6. The minimum absolute atomic E-state index is 0.0587. The van der Waals surface area contributed by atoms with Crippen molar-refractivity contribution >= 4 is 27.5 Å². The van der Waals surface area contributed by atoms with Crippen molar-refractivity contribution in [1.29, 1.82) is 0 Å². The maximum atomic E-state index is 13.1. The molecule has 1 amide bonds. The number of benzene rings is 2. The fraction of sp³-hybridized carbons (Fsp3) is 0.381. The second-order valence-electron chi connectivity index (χ2n) is 7.21. The van der Waals surface area contributed by atoms with E-state index < -0.39 is 22.0 Å². The number of sulfonamides is 1. The van der Waals surface area contributed by atoms with Gasteiger partial charge in [-0.15, -0.1) is 0 Å². The molecule has 0 saturated carbocycles. The molecule has 1 aliphatic heterocycles. The second-order valence-corrected chi connectivity index (χ2v) is 9.55. The highest BCUT2D eigenvalue weighted by Gasteiger charge is 2.27. The monoisotopic (exact) mass is 438 g/mol. The standard InChI is InChI=1S/C21H24ClFN2O3S/c1-15(16-6-8-17(23)9-7-16)24-21(26)19-14-18(10-11-20(19)22)29(27,28)25-12-4-2-3-5-13-25/h6-11,14-15H,2-5,12-13H2,1H3,(H,24,26)/t15-/m1/s1. The predicted molar refractivity (Wildman–Crippen MR) is 111 cm³/mol. The minimum Gasteiger partial charge on any atom is -0.345 e. The minimum atomic E-state index is -3.69. The van der Waals surface area contributed by atoms with E-state index in [4.69, 9.17) is 11.6 Å². The van der Waals surface area contributed by atoms with Gasteiger partial charge in [-0.2, -0.15) is 4.31 Å². The van der Waals surface area contributed by atoms with Crippen molar-refractivity contribution in [3.05, 3.63) is 64.4 Å². The van der Waals surface area contributed by atoms with Crippen LogP contribution in [0, 0.1) is 5.82 Å². The molecule has 1 N–H and O–H groups in total. The van der Waals surface area contributed by atoms with Crippen molar-refractivity contribution < 1.29 is 17.6 Å². The van der Waals surface area contributed by atoms with Gasteiger partial charge in [0.15, 0.2) is 0 Å². The van der Waals surface area contributed by atoms with Crippen molar-refractivity contribution in [2.45, 2.75) is 43.5 Å². The number of hydrogen-bond donors (Lipinski definition) is 1. The van der Waals surface area contributed by atoms with Crippen LogP contribution in [-0.4, -0.2) is 31.7 Å². The lowest BCUT2D eigenvalue weighted by molar-refractivity contribution is 0.0940. The molecule has 0 aliphatic carbocycles. The summed E-state index contributed by atoms with van der Waals surface area (Å²) >= 11 is 6.18. The fourth-order valence-electron chi connectivity index (χ4n) is 3.38. The summed E-state index contributed by atoms with van der Waals surface area (Å²) in [4.78, 5) is 12.8. The summed E-state index contributed by atoms with van der Waals surface area (Å²) in [7, 11) is -3.69. The summed E-state index contributed by atoms with van der Waals surface area (Å²) in [5.74, 6) is -0.846. The Labute approximate surface area is 175 Å². The molecule has 5 nitrogen and oxygen atoms in total. The number of hydrogen-bond acceptors (Lipinski definition) is 3. The van der Waals surface area contributed by atoms with Crippen LogP contribution in [0.3, 0.4) is 0 Å². The first-order valence-electron chi connectivity index (χ1n) is 9.65. The average Bonchev–Trinajstić information content (AvgIpc) is 2.98. The topological polar surface area (TPSA) is 66.5 Å². The molecule has 2 aromatic carbocycles. The lowest BCUT2D eigenvalue weighted by atomic mass is 10.1. The predicted octanol–water partition coefficient (Wildman–Crippen LogP) is 4.53. The summed E-state index contributed by atoms with van der Waals surface area (Å²) in [6, 6.07) is 9.61. The van der Waals surface area contributed by atoms with E-state index in [1.54, 1.807) is 19.1 Å². The molecular formula is C21H24ClFN2O3S. The van der Waals surface area contributed by atoms with Crippen molar-refractivity contribution in [3.8, 4) is 0 Å². The summed E-state index contributed by atoms with van der Waals surface area (Å²) in [5, 5.41) is 2.96. The van der Waals surface area contributed by atoms with Crippen molar-refractivity contribution in [1.82, 2.24) is 9.62 Å². The SMILES string of the molecule is C[C@@H](NC(=O)c1cc(S(=O)(=O)N2CCCCCC2)ccc1Cl)c1ccc(F)cc1. The van der Waals surface area contributed by atoms with Gasteiger partial charge in [-0.05, 0) is 55.7 Å². The van der Waals surface area contributed by atoms with Crippen LogP contribution < -0.4 is 5.32 Å². The summed E-state index contributed by atoms with van der Waals surface area (Å²) in [6.45, 7) is 2.72. The smallest absolute Gasteiger partial charge is 0.253 e. The van der Waals surface area contributed by atoms with Gasteiger partial charge in [0.05, 0.1) is 21.5 Å². The third-order valence-electron chi connectivity index (χ3n) is 5.10. The molecule has 0 spiro atoms. The van der Waals surface area contributed by atoms with Crippen LogP contribution in [0.25, 0.3) is 0 Å². The normalized spacial score (nSPS) is 16.8. The Balaban J connectivity index is 1.82. The Kier molecular flexibility index (Phi) is 6.93. The Morgan fingerprint density at radius 2 is 1.69 bits per heavy atom. The van der Waals surface area contributed by atoms with E-state index in [0.29, 0.717) is 13.1 Å². The van der Waals surface area contributed by atoms with Crippen molar-refractivity contribution in [3.63, 3.8) is 0 Å². The van der Waals surface area contributed by atoms with Gasteiger partial charge >= 0.3 is 0 Å². The van der Waals surface area contributed by atoms with Gasteiger partial charge in [-0.1, -0.05) is 36.6 Å². The summed E-state index contributed by atoms with van der Waals surface area (Å²) in [6.07, 6.45) is 3.69. The van der Waals surface area contributed by atoms with Gasteiger partial charge in [-0.3, -0.25) is 4.79 Å². The van der Waals surface area contributed by atoms with Gasteiger partial charge in [0, 0.05) is 13.1 Å². The van der Waals surface area contributed by atoms with E-state index in [1.165, 1.54) is 34.6 Å². The van der Waals surface area contributed by atoms with E-state index in [0.717, 1.165) is 31.2 Å². The molecule has 1 heterocycles. The molecule has 29 heavy (non-hydrogen) atoms. The van der Waals surface area contributed by atoms with Crippen LogP contribution in [0.2, 0.25) is 5.02 Å². The maximum absolute atomic E-state index is 13.1. The maximum Gasteiger partial charge on any atom is 0.253 e. The van der Waals surface area contributed by atoms with Crippen LogP contribution in [0.1, 0.15) is 54.6 Å². The van der Waals surface area contributed by atoms with E-state index in [2.05, 4.69) is 5.32 Å². The van der Waals surface area contributed by atoms with Gasteiger partial charge in [-0.25, -0.2) is 12.8 Å². The highest BCUT2D eigenvalue weighted by atomic mass is 35.5. The highest BCUT2D eigenvalue weighted by molar-refractivity contribution is 7.89. The molecule has 1 aliphatic rings. The Bertz CT molecular complexity index is 972. The van der Waals surface area contributed by atoms with Crippen LogP contribution >= 0.6 is 11.6 Å². The van der Waals surface area contributed by atoms with Gasteiger partial charge in [0.1, 0.15) is 5.82 Å². The molecule has 3 rings (SSSR count). The zero-order chi connectivity index (χ0) is 21.0. The molecule has 156 valence electrons. The average molecular weight is 439 g/mol. The first-order chi connectivity index (χ1) is 13.8. The Hall–Kier alpha value is -1.96. The third-order valence-corrected chi connectivity index (χ3v) is 7.33. The molecule has 8 heteroatoms. The van der Waals surface area contributed by atoms with E-state index in [9.17, 15) is 17.6 Å². The molecule has 1 fully saturated rings. The molecule has 0 bridgehead atoms. The molecule has 1 saturated heterocycles. The first kappa shape index (κ1) is 21.7. The molecule has 0 radical (unpaired) electrons. The van der Waals surface area contributed by atoms with Gasteiger partial charge in [0.2, 0.25) is 10.0 Å². The summed E-state index contributed by atoms with van der Waals surface area (Å²) in [5.41, 5.74) is 0.820. The first-order valence-corrected chi connectivity index (χ1v) is 11.5. The number of halogens is 2. The van der Waals surface area contributed by atoms with Gasteiger partial charge in [0.25, 0.3) is 5.91 Å². The van der Waals surface area contributed by atoms with E-state index in [-0.39, 0.29) is 21.3 Å². The Morgan fingerprint density at radius 3 is 2.31 bits per heavy atom. The molecular weight excluding hydrogens is 415 g/mol. The Morgan fingerprint density at radius 1 is 1.07 bits per heavy atom. The zero-order valence-electron chi connectivity index (χ0n) is 16.2. The van der Waals surface area contributed by atoms with Crippen LogP contribution in [0.15, 0.2) is 47.4 Å². The van der Waals surface area contributed by atoms with Crippen molar-refractivity contribution in [2.75, 3.05) is 13.1 Å². The quantitative estimate of drug-likeness (QED) is 0.745. The number of nitrogens with zero attached hydrogens (tertiary/aromatic N) is 1. The molecule has 0 aromatic heterocycles. The number of nitrogens with one attached hydrogen (secondary N) is 1.